The highest BCUT2D eigenvalue weighted by atomic mass is 32.1. The third-order valence-electron chi connectivity index (χ3n) is 4.18. The molecule has 0 spiro atoms. The second kappa shape index (κ2) is 7.45. The number of hydrogen-bond acceptors (Lipinski definition) is 4. The zero-order chi connectivity index (χ0) is 17.8. The second-order valence-electron chi connectivity index (χ2n) is 5.97. The van der Waals surface area contributed by atoms with Crippen LogP contribution in [0.1, 0.15) is 12.0 Å². The Hall–Kier alpha value is -3.05. The quantitative estimate of drug-likeness (QED) is 0.550. The molecule has 128 valence electrons. The molecule has 2 heterocycles. The van der Waals surface area contributed by atoms with Crippen molar-refractivity contribution in [2.24, 2.45) is 0 Å². The lowest BCUT2D eigenvalue weighted by molar-refractivity contribution is -0.116. The molecule has 4 nitrogen and oxygen atoms in total. The lowest BCUT2D eigenvalue weighted by Gasteiger charge is -2.04. The van der Waals surface area contributed by atoms with Gasteiger partial charge in [-0.25, -0.2) is 4.98 Å². The van der Waals surface area contributed by atoms with Gasteiger partial charge in [0.25, 0.3) is 0 Å². The lowest BCUT2D eigenvalue weighted by Crippen LogP contribution is -2.12. The number of nitrogens with one attached hydrogen (secondary N) is 1. The first-order valence-corrected chi connectivity index (χ1v) is 9.30. The van der Waals surface area contributed by atoms with Crippen LogP contribution in [0.2, 0.25) is 0 Å². The summed E-state index contributed by atoms with van der Waals surface area (Å²) in [4.78, 5) is 20.8. The van der Waals surface area contributed by atoms with Gasteiger partial charge in [0, 0.05) is 29.8 Å². The number of benzene rings is 2. The molecule has 4 aromatic rings. The molecule has 0 aliphatic heterocycles. The summed E-state index contributed by atoms with van der Waals surface area (Å²) in [6.45, 7) is 0. The molecule has 0 unspecified atom stereocenters. The molecule has 1 N–H and O–H groups in total. The molecular weight excluding hydrogens is 342 g/mol. The van der Waals surface area contributed by atoms with Crippen LogP contribution in [-0.2, 0) is 11.2 Å². The number of nitrogens with zero attached hydrogens (tertiary/aromatic N) is 2. The molecule has 2 aromatic carbocycles. The molecule has 1 amide bonds. The van der Waals surface area contributed by atoms with Gasteiger partial charge < -0.3 is 5.32 Å². The molecule has 0 atom stereocenters. The Balaban J connectivity index is 1.47. The van der Waals surface area contributed by atoms with E-state index in [1.165, 1.54) is 16.7 Å². The molecule has 4 rings (SSSR count). The monoisotopic (exact) mass is 359 g/mol. The highest BCUT2D eigenvalue weighted by molar-refractivity contribution is 7.14. The average molecular weight is 359 g/mol. The minimum absolute atomic E-state index is 0.0346. The summed E-state index contributed by atoms with van der Waals surface area (Å²) in [5, 5.41) is 7.85. The first-order valence-electron chi connectivity index (χ1n) is 8.42. The Kier molecular flexibility index (Phi) is 4.71. The number of hydrogen-bond donors (Lipinski definition) is 1. The molecule has 0 radical (unpaired) electrons. The van der Waals surface area contributed by atoms with Crippen LogP contribution in [0.5, 0.6) is 0 Å². The minimum Gasteiger partial charge on any atom is -0.302 e. The fraction of sp³-hybridized carbons (Fsp3) is 0.0952. The van der Waals surface area contributed by atoms with Crippen LogP contribution in [0.3, 0.4) is 0 Å². The smallest absolute Gasteiger partial charge is 0.226 e. The zero-order valence-electron chi connectivity index (χ0n) is 14.1. The van der Waals surface area contributed by atoms with Gasteiger partial charge in [0.2, 0.25) is 5.91 Å². The van der Waals surface area contributed by atoms with Crippen molar-refractivity contribution in [3.05, 3.63) is 77.9 Å². The predicted octanol–water partition coefficient (Wildman–Crippen LogP) is 4.93. The van der Waals surface area contributed by atoms with Gasteiger partial charge in [-0.2, -0.15) is 0 Å². The van der Waals surface area contributed by atoms with E-state index in [9.17, 15) is 4.79 Å². The fourth-order valence-corrected chi connectivity index (χ4v) is 3.62. The number of aryl methyl sites for hydroxylation is 1. The summed E-state index contributed by atoms with van der Waals surface area (Å²) < 4.78 is 0. The summed E-state index contributed by atoms with van der Waals surface area (Å²) in [5.74, 6) is -0.0346. The van der Waals surface area contributed by atoms with E-state index < -0.39 is 0 Å². The third kappa shape index (κ3) is 3.63. The van der Waals surface area contributed by atoms with E-state index in [0.717, 1.165) is 22.2 Å². The summed E-state index contributed by atoms with van der Waals surface area (Å²) in [6, 6.07) is 18.3. The minimum atomic E-state index is -0.0346. The van der Waals surface area contributed by atoms with E-state index >= 15 is 0 Å². The van der Waals surface area contributed by atoms with Crippen LogP contribution < -0.4 is 5.32 Å². The fourth-order valence-electron chi connectivity index (χ4n) is 2.89. The Morgan fingerprint density at radius 2 is 1.92 bits per heavy atom. The molecule has 0 aliphatic carbocycles. The van der Waals surface area contributed by atoms with Gasteiger partial charge in [-0.1, -0.05) is 48.5 Å². The topological polar surface area (TPSA) is 54.9 Å². The largest absolute Gasteiger partial charge is 0.302 e. The number of pyridine rings is 1. The van der Waals surface area contributed by atoms with Crippen molar-refractivity contribution in [2.75, 3.05) is 5.32 Å². The maximum Gasteiger partial charge on any atom is 0.226 e. The van der Waals surface area contributed by atoms with Crippen molar-refractivity contribution >= 4 is 33.1 Å². The second-order valence-corrected chi connectivity index (χ2v) is 6.83. The number of anilines is 1. The predicted molar refractivity (Wildman–Crippen MR) is 106 cm³/mol. The standard InChI is InChI=1S/C21H17N3OS/c25-20(11-10-15-5-4-12-22-13-15)24-21-23-19(14-26-21)18-9-3-7-16-6-1-2-8-17(16)18/h1-9,12-14H,10-11H2,(H,23,24,25). The summed E-state index contributed by atoms with van der Waals surface area (Å²) in [7, 11) is 0. The van der Waals surface area contributed by atoms with Crippen molar-refractivity contribution in [2.45, 2.75) is 12.8 Å². The number of carbonyl (C=O) groups is 1. The average Bonchev–Trinajstić information content (AvgIpc) is 3.15. The first-order chi connectivity index (χ1) is 12.8. The van der Waals surface area contributed by atoms with Crippen LogP contribution in [0.4, 0.5) is 5.13 Å². The molecular formula is C21H17N3OS. The Morgan fingerprint density at radius 1 is 1.04 bits per heavy atom. The van der Waals surface area contributed by atoms with E-state index in [2.05, 4.69) is 39.6 Å². The maximum atomic E-state index is 12.2. The van der Waals surface area contributed by atoms with E-state index in [-0.39, 0.29) is 5.91 Å². The summed E-state index contributed by atoms with van der Waals surface area (Å²) >= 11 is 1.45. The number of aromatic nitrogens is 2. The molecule has 0 fully saturated rings. The molecule has 5 heteroatoms. The van der Waals surface area contributed by atoms with Crippen LogP contribution in [0, 0.1) is 0 Å². The van der Waals surface area contributed by atoms with Crippen molar-refractivity contribution in [1.29, 1.82) is 0 Å². The van der Waals surface area contributed by atoms with E-state index in [4.69, 9.17) is 0 Å². The van der Waals surface area contributed by atoms with E-state index in [0.29, 0.717) is 18.0 Å². The number of rotatable bonds is 5. The highest BCUT2D eigenvalue weighted by Crippen LogP contribution is 2.30. The first kappa shape index (κ1) is 16.4. The van der Waals surface area contributed by atoms with Gasteiger partial charge in [0.15, 0.2) is 5.13 Å². The van der Waals surface area contributed by atoms with Gasteiger partial charge in [-0.05, 0) is 28.8 Å². The molecule has 0 bridgehead atoms. The molecule has 0 aliphatic rings. The van der Waals surface area contributed by atoms with E-state index in [1.807, 2.05) is 35.7 Å². The van der Waals surface area contributed by atoms with Crippen LogP contribution >= 0.6 is 11.3 Å². The molecule has 26 heavy (non-hydrogen) atoms. The zero-order valence-corrected chi connectivity index (χ0v) is 14.9. The van der Waals surface area contributed by atoms with Crippen molar-refractivity contribution in [3.63, 3.8) is 0 Å². The maximum absolute atomic E-state index is 12.2. The summed E-state index contributed by atoms with van der Waals surface area (Å²) in [5.41, 5.74) is 3.02. The SMILES string of the molecule is O=C(CCc1cccnc1)Nc1nc(-c2cccc3ccccc23)cs1. The van der Waals surface area contributed by atoms with Crippen molar-refractivity contribution < 1.29 is 4.79 Å². The Morgan fingerprint density at radius 3 is 2.81 bits per heavy atom. The number of thiazole rings is 1. The van der Waals surface area contributed by atoms with Crippen LogP contribution in [-0.4, -0.2) is 15.9 Å². The van der Waals surface area contributed by atoms with Gasteiger partial charge in [0.1, 0.15) is 0 Å². The van der Waals surface area contributed by atoms with Crippen LogP contribution in [0.25, 0.3) is 22.0 Å². The molecule has 2 aromatic heterocycles. The van der Waals surface area contributed by atoms with Gasteiger partial charge in [0.05, 0.1) is 5.69 Å². The van der Waals surface area contributed by atoms with Gasteiger partial charge in [-0.3, -0.25) is 9.78 Å². The van der Waals surface area contributed by atoms with E-state index in [1.54, 1.807) is 12.4 Å². The highest BCUT2D eigenvalue weighted by Gasteiger charge is 2.10. The van der Waals surface area contributed by atoms with Gasteiger partial charge >= 0.3 is 0 Å². The lowest BCUT2D eigenvalue weighted by atomic mass is 10.0. The number of fused-ring (bicyclic) bond motifs is 1. The normalized spacial score (nSPS) is 10.8. The van der Waals surface area contributed by atoms with Crippen molar-refractivity contribution in [3.8, 4) is 11.3 Å². The number of amides is 1. The van der Waals surface area contributed by atoms with Gasteiger partial charge in [-0.15, -0.1) is 11.3 Å². The summed E-state index contributed by atoms with van der Waals surface area (Å²) in [6.07, 6.45) is 4.60. The molecule has 0 saturated heterocycles. The number of carbonyl (C=O) groups excluding carboxylic acids is 1. The third-order valence-corrected chi connectivity index (χ3v) is 4.94. The molecule has 0 saturated carbocycles. The Labute approximate surface area is 155 Å². The van der Waals surface area contributed by atoms with Crippen molar-refractivity contribution in [1.82, 2.24) is 9.97 Å². The Bertz CT molecular complexity index is 1040. The van der Waals surface area contributed by atoms with Crippen LogP contribution in [0.15, 0.2) is 72.4 Å².